The number of carbonyl (C=O) groups is 1. The lowest BCUT2D eigenvalue weighted by atomic mass is 10.0. The lowest BCUT2D eigenvalue weighted by molar-refractivity contribution is 0.0950. The molecule has 1 amide bonds. The quantitative estimate of drug-likeness (QED) is 0.380. The number of aliphatic hydroxyl groups is 1. The molecular formula is C29H29N5O4S. The molecule has 2 N–H and O–H groups in total. The normalized spacial score (nSPS) is 18.0. The number of carbonyl (C=O) groups excluding carboxylic acids is 1. The number of anilines is 1. The highest BCUT2D eigenvalue weighted by molar-refractivity contribution is 7.90. The summed E-state index contributed by atoms with van der Waals surface area (Å²) in [6.07, 6.45) is 4.68. The Morgan fingerprint density at radius 2 is 1.90 bits per heavy atom. The number of hydrogen-bond donors (Lipinski definition) is 2. The fraction of sp³-hybridized carbons (Fsp3) is 0.310. The fourth-order valence-corrected chi connectivity index (χ4v) is 6.23. The molecule has 3 aromatic heterocycles. The Hall–Kier alpha value is -3.89. The molecule has 1 aromatic carbocycles. The molecule has 10 heteroatoms. The third-order valence-corrected chi connectivity index (χ3v) is 8.97. The predicted molar refractivity (Wildman–Crippen MR) is 148 cm³/mol. The highest BCUT2D eigenvalue weighted by Crippen LogP contribution is 2.53. The molecule has 6 rings (SSSR count). The van der Waals surface area contributed by atoms with Gasteiger partial charge in [0.2, 0.25) is 0 Å². The van der Waals surface area contributed by atoms with E-state index in [0.29, 0.717) is 17.8 Å². The van der Waals surface area contributed by atoms with E-state index in [2.05, 4.69) is 15.2 Å². The molecule has 0 bridgehead atoms. The van der Waals surface area contributed by atoms with Gasteiger partial charge in [0.1, 0.15) is 5.82 Å². The molecule has 1 aliphatic carbocycles. The molecule has 1 aliphatic heterocycles. The minimum atomic E-state index is -3.44. The lowest BCUT2D eigenvalue weighted by Crippen LogP contribution is -2.23. The zero-order chi connectivity index (χ0) is 27.4. The van der Waals surface area contributed by atoms with Crippen molar-refractivity contribution in [2.75, 3.05) is 24.2 Å². The molecule has 4 aromatic rings. The molecule has 0 unspecified atom stereocenters. The number of nitrogens with zero attached hydrogens (tertiary/aromatic N) is 4. The Kier molecular flexibility index (Phi) is 6.11. The Labute approximate surface area is 226 Å². The van der Waals surface area contributed by atoms with E-state index in [-0.39, 0.29) is 34.4 Å². The average Bonchev–Trinajstić information content (AvgIpc) is 3.63. The van der Waals surface area contributed by atoms with Gasteiger partial charge >= 0.3 is 0 Å². The minimum Gasteiger partial charge on any atom is -0.391 e. The van der Waals surface area contributed by atoms with Crippen molar-refractivity contribution in [1.29, 1.82) is 0 Å². The third kappa shape index (κ3) is 4.97. The van der Waals surface area contributed by atoms with Crippen LogP contribution in [0.15, 0.2) is 65.7 Å². The van der Waals surface area contributed by atoms with Gasteiger partial charge in [-0.3, -0.25) is 9.78 Å². The first-order valence-corrected chi connectivity index (χ1v) is 14.8. The van der Waals surface area contributed by atoms with E-state index in [1.54, 1.807) is 25.3 Å². The zero-order valence-corrected chi connectivity index (χ0v) is 22.6. The largest absolute Gasteiger partial charge is 0.391 e. The van der Waals surface area contributed by atoms with Crippen molar-refractivity contribution in [2.24, 2.45) is 5.41 Å². The first-order valence-electron chi connectivity index (χ1n) is 12.9. The van der Waals surface area contributed by atoms with Crippen LogP contribution in [-0.4, -0.2) is 59.8 Å². The van der Waals surface area contributed by atoms with Gasteiger partial charge in [-0.05, 0) is 67.8 Å². The van der Waals surface area contributed by atoms with Crippen LogP contribution in [0.5, 0.6) is 0 Å². The second-order valence-corrected chi connectivity index (χ2v) is 12.6. The summed E-state index contributed by atoms with van der Waals surface area (Å²) in [5.74, 6) is 0.454. The number of aromatic nitrogens is 3. The van der Waals surface area contributed by atoms with Gasteiger partial charge < -0.3 is 15.3 Å². The molecule has 200 valence electrons. The van der Waals surface area contributed by atoms with Crippen molar-refractivity contribution >= 4 is 32.5 Å². The van der Waals surface area contributed by atoms with E-state index in [1.807, 2.05) is 36.4 Å². The summed E-state index contributed by atoms with van der Waals surface area (Å²) in [4.78, 5) is 29.1. The number of β-amino-alcohol motifs (C(OH)–C–C–N with tert-alkyl or cyclic N) is 1. The fourth-order valence-electron chi connectivity index (χ4n) is 5.23. The summed E-state index contributed by atoms with van der Waals surface area (Å²) in [5.41, 5.74) is 3.73. The number of rotatable bonds is 6. The second-order valence-electron chi connectivity index (χ2n) is 10.6. The maximum Gasteiger partial charge on any atom is 0.251 e. The van der Waals surface area contributed by atoms with Crippen LogP contribution >= 0.6 is 0 Å². The molecule has 2 fully saturated rings. The van der Waals surface area contributed by atoms with E-state index in [0.717, 1.165) is 53.8 Å². The summed E-state index contributed by atoms with van der Waals surface area (Å²) in [7, 11) is -3.44. The number of sulfone groups is 1. The Bertz CT molecular complexity index is 1720. The number of benzene rings is 1. The van der Waals surface area contributed by atoms with Crippen molar-refractivity contribution in [3.8, 4) is 11.4 Å². The monoisotopic (exact) mass is 543 g/mol. The highest BCUT2D eigenvalue weighted by atomic mass is 32.2. The van der Waals surface area contributed by atoms with Crippen molar-refractivity contribution in [3.63, 3.8) is 0 Å². The van der Waals surface area contributed by atoms with Gasteiger partial charge in [-0.1, -0.05) is 12.1 Å². The number of aryl methyl sites for hydroxylation is 1. The molecule has 4 heterocycles. The summed E-state index contributed by atoms with van der Waals surface area (Å²) in [6, 6.07) is 16.2. The standard InChI is InChI=1S/C29H29N5O4S/c1-18-6-7-19(12-25(18)39(2,37)38)28(36)31-15-21-13-24-20(14-30-21)8-9-23(32-24)22-4-3-5-27(33-22)34-16-26(35)29(17-34)10-11-29/h3-9,12-14,26,35H,10-11,15-17H2,1-2H3,(H,31,36)/t26-/m0/s1. The number of amides is 1. The van der Waals surface area contributed by atoms with Crippen LogP contribution in [0.2, 0.25) is 0 Å². The van der Waals surface area contributed by atoms with Gasteiger partial charge in [0, 0.05) is 41.9 Å². The SMILES string of the molecule is Cc1ccc(C(=O)NCc2cc3nc(-c4cccc(N5C[C@H](O)C6(CC6)C5)n4)ccc3cn2)cc1S(C)(=O)=O. The van der Waals surface area contributed by atoms with Crippen LogP contribution in [0.1, 0.15) is 34.5 Å². The van der Waals surface area contributed by atoms with Crippen LogP contribution < -0.4 is 10.2 Å². The number of nitrogens with one attached hydrogen (secondary N) is 1. The van der Waals surface area contributed by atoms with Crippen LogP contribution in [0, 0.1) is 12.3 Å². The zero-order valence-electron chi connectivity index (χ0n) is 21.8. The van der Waals surface area contributed by atoms with Crippen LogP contribution in [0.25, 0.3) is 22.3 Å². The van der Waals surface area contributed by atoms with Gasteiger partial charge in [0.25, 0.3) is 5.91 Å². The van der Waals surface area contributed by atoms with Gasteiger partial charge in [0.15, 0.2) is 9.84 Å². The van der Waals surface area contributed by atoms with E-state index < -0.39 is 9.84 Å². The Balaban J connectivity index is 1.20. The van der Waals surface area contributed by atoms with Gasteiger partial charge in [-0.15, -0.1) is 0 Å². The highest BCUT2D eigenvalue weighted by Gasteiger charge is 2.54. The smallest absolute Gasteiger partial charge is 0.251 e. The minimum absolute atomic E-state index is 0.0488. The van der Waals surface area contributed by atoms with E-state index in [4.69, 9.17) is 9.97 Å². The average molecular weight is 544 g/mol. The second kappa shape index (κ2) is 9.39. The molecule has 9 nitrogen and oxygen atoms in total. The molecule has 1 saturated carbocycles. The molecule has 1 spiro atoms. The summed E-state index contributed by atoms with van der Waals surface area (Å²) in [5, 5.41) is 14.1. The number of hydrogen-bond acceptors (Lipinski definition) is 8. The molecule has 2 aliphatic rings. The number of pyridine rings is 3. The van der Waals surface area contributed by atoms with Crippen molar-refractivity contribution in [3.05, 3.63) is 77.6 Å². The van der Waals surface area contributed by atoms with Crippen molar-refractivity contribution in [1.82, 2.24) is 20.3 Å². The first-order chi connectivity index (χ1) is 18.6. The molecular weight excluding hydrogens is 514 g/mol. The number of aliphatic hydroxyl groups excluding tert-OH is 1. The molecule has 1 saturated heterocycles. The summed E-state index contributed by atoms with van der Waals surface area (Å²) in [6.45, 7) is 3.29. The topological polar surface area (TPSA) is 125 Å². The van der Waals surface area contributed by atoms with Crippen molar-refractivity contribution in [2.45, 2.75) is 37.3 Å². The maximum atomic E-state index is 12.7. The Morgan fingerprint density at radius 1 is 1.10 bits per heavy atom. The lowest BCUT2D eigenvalue weighted by Gasteiger charge is -2.17. The van der Waals surface area contributed by atoms with E-state index >= 15 is 0 Å². The summed E-state index contributed by atoms with van der Waals surface area (Å²) < 4.78 is 24.0. The first kappa shape index (κ1) is 25.4. The molecule has 1 atom stereocenters. The molecule has 39 heavy (non-hydrogen) atoms. The van der Waals surface area contributed by atoms with Crippen LogP contribution in [0.3, 0.4) is 0 Å². The summed E-state index contributed by atoms with van der Waals surface area (Å²) >= 11 is 0. The van der Waals surface area contributed by atoms with E-state index in [9.17, 15) is 18.3 Å². The van der Waals surface area contributed by atoms with Crippen molar-refractivity contribution < 1.29 is 18.3 Å². The Morgan fingerprint density at radius 3 is 2.64 bits per heavy atom. The van der Waals surface area contributed by atoms with Gasteiger partial charge in [-0.2, -0.15) is 0 Å². The van der Waals surface area contributed by atoms with Gasteiger partial charge in [-0.25, -0.2) is 18.4 Å². The third-order valence-electron chi connectivity index (χ3n) is 7.73. The molecule has 0 radical (unpaired) electrons. The van der Waals surface area contributed by atoms with Crippen LogP contribution in [-0.2, 0) is 16.4 Å². The maximum absolute atomic E-state index is 12.7. The predicted octanol–water partition coefficient (Wildman–Crippen LogP) is 3.29. The van der Waals surface area contributed by atoms with Gasteiger partial charge in [0.05, 0.1) is 40.1 Å². The van der Waals surface area contributed by atoms with Crippen LogP contribution in [0.4, 0.5) is 5.82 Å². The number of fused-ring (bicyclic) bond motifs is 1. The van der Waals surface area contributed by atoms with E-state index in [1.165, 1.54) is 6.07 Å².